The van der Waals surface area contributed by atoms with Crippen LogP contribution < -0.4 is 5.32 Å². The maximum atomic E-state index is 12.5. The van der Waals surface area contributed by atoms with Gasteiger partial charge in [-0.05, 0) is 51.6 Å². The lowest BCUT2D eigenvalue weighted by Gasteiger charge is -2.23. The van der Waals surface area contributed by atoms with Crippen molar-refractivity contribution in [3.8, 4) is 0 Å². The highest BCUT2D eigenvalue weighted by atomic mass is 16.5. The van der Waals surface area contributed by atoms with Gasteiger partial charge in [0.15, 0.2) is 5.69 Å². The summed E-state index contributed by atoms with van der Waals surface area (Å²) >= 11 is 0. The largest absolute Gasteiger partial charge is 0.379 e. The summed E-state index contributed by atoms with van der Waals surface area (Å²) in [4.78, 5) is 14.2. The number of hydrogen-bond acceptors (Lipinski definition) is 5. The maximum absolute atomic E-state index is 12.5. The SMILES string of the molecule is Cc1c(C(=O)N(C)CCOCC2CC2)nnn1C1CCNCC1. The molecule has 0 unspecified atom stereocenters. The Labute approximate surface area is 137 Å². The predicted molar refractivity (Wildman–Crippen MR) is 86.4 cm³/mol. The van der Waals surface area contributed by atoms with Gasteiger partial charge in [-0.15, -0.1) is 5.10 Å². The van der Waals surface area contributed by atoms with Crippen LogP contribution >= 0.6 is 0 Å². The van der Waals surface area contributed by atoms with Gasteiger partial charge in [-0.25, -0.2) is 4.68 Å². The van der Waals surface area contributed by atoms with E-state index in [-0.39, 0.29) is 5.91 Å². The Morgan fingerprint density at radius 3 is 2.78 bits per heavy atom. The molecule has 1 N–H and O–H groups in total. The standard InChI is InChI=1S/C16H27N5O2/c1-12-15(18-19-21(12)14-5-7-17-8-6-14)16(22)20(2)9-10-23-11-13-3-4-13/h13-14,17H,3-11H2,1-2H3. The topological polar surface area (TPSA) is 72.3 Å². The van der Waals surface area contributed by atoms with Crippen molar-refractivity contribution in [3.63, 3.8) is 0 Å². The van der Waals surface area contributed by atoms with Crippen LogP contribution in [-0.2, 0) is 4.74 Å². The minimum Gasteiger partial charge on any atom is -0.379 e. The van der Waals surface area contributed by atoms with Crippen LogP contribution in [0.3, 0.4) is 0 Å². The summed E-state index contributed by atoms with van der Waals surface area (Å²) in [7, 11) is 1.80. The maximum Gasteiger partial charge on any atom is 0.276 e. The van der Waals surface area contributed by atoms with Crippen LogP contribution in [0.5, 0.6) is 0 Å². The van der Waals surface area contributed by atoms with E-state index in [0.29, 0.717) is 24.9 Å². The van der Waals surface area contributed by atoms with Gasteiger partial charge in [-0.3, -0.25) is 4.79 Å². The van der Waals surface area contributed by atoms with Crippen LogP contribution in [-0.4, -0.2) is 65.7 Å². The molecule has 3 rings (SSSR count). The van der Waals surface area contributed by atoms with Crippen LogP contribution in [0.25, 0.3) is 0 Å². The number of rotatable bonds is 7. The fraction of sp³-hybridized carbons (Fsp3) is 0.812. The first kappa shape index (κ1) is 16.4. The number of amides is 1. The van der Waals surface area contributed by atoms with Crippen molar-refractivity contribution >= 4 is 5.91 Å². The Bertz CT molecular complexity index is 535. The number of nitrogens with zero attached hydrogens (tertiary/aromatic N) is 4. The van der Waals surface area contributed by atoms with Crippen LogP contribution in [0.2, 0.25) is 0 Å². The molecular formula is C16H27N5O2. The molecule has 0 atom stereocenters. The van der Waals surface area contributed by atoms with E-state index in [2.05, 4.69) is 15.6 Å². The molecular weight excluding hydrogens is 294 g/mol. The Morgan fingerprint density at radius 2 is 2.09 bits per heavy atom. The molecule has 1 aliphatic carbocycles. The van der Waals surface area contributed by atoms with Gasteiger partial charge < -0.3 is 15.0 Å². The van der Waals surface area contributed by atoms with Gasteiger partial charge in [0, 0.05) is 20.2 Å². The number of ether oxygens (including phenoxy) is 1. The molecule has 0 radical (unpaired) electrons. The highest BCUT2D eigenvalue weighted by Gasteiger charge is 2.25. The van der Waals surface area contributed by atoms with E-state index in [1.54, 1.807) is 11.9 Å². The first-order chi connectivity index (χ1) is 11.2. The van der Waals surface area contributed by atoms with Crippen molar-refractivity contribution in [1.82, 2.24) is 25.2 Å². The Hall–Kier alpha value is -1.47. The van der Waals surface area contributed by atoms with Gasteiger partial charge in [0.1, 0.15) is 0 Å². The third kappa shape index (κ3) is 4.09. The zero-order chi connectivity index (χ0) is 16.2. The van der Waals surface area contributed by atoms with Gasteiger partial charge in [0.2, 0.25) is 0 Å². The van der Waals surface area contributed by atoms with Crippen molar-refractivity contribution in [2.24, 2.45) is 5.92 Å². The molecule has 2 heterocycles. The average molecular weight is 321 g/mol. The summed E-state index contributed by atoms with van der Waals surface area (Å²) < 4.78 is 7.52. The van der Waals surface area contributed by atoms with E-state index < -0.39 is 0 Å². The number of likely N-dealkylation sites (N-methyl/N-ethyl adjacent to an activating group) is 1. The second-order valence-corrected chi connectivity index (χ2v) is 6.69. The summed E-state index contributed by atoms with van der Waals surface area (Å²) in [6.45, 7) is 5.92. The quantitative estimate of drug-likeness (QED) is 0.759. The summed E-state index contributed by atoms with van der Waals surface area (Å²) in [5, 5.41) is 11.7. The lowest BCUT2D eigenvalue weighted by atomic mass is 10.1. The lowest BCUT2D eigenvalue weighted by Crippen LogP contribution is -2.32. The van der Waals surface area contributed by atoms with Crippen LogP contribution in [0.4, 0.5) is 0 Å². The summed E-state index contributed by atoms with van der Waals surface area (Å²) in [6.07, 6.45) is 4.63. The molecule has 0 spiro atoms. The smallest absolute Gasteiger partial charge is 0.276 e. The predicted octanol–water partition coefficient (Wildman–Crippen LogP) is 1.01. The van der Waals surface area contributed by atoms with E-state index in [1.165, 1.54) is 12.8 Å². The number of carbonyl (C=O) groups excluding carboxylic acids is 1. The van der Waals surface area contributed by atoms with Crippen LogP contribution in [0.15, 0.2) is 0 Å². The molecule has 0 bridgehead atoms. The molecule has 2 aliphatic rings. The molecule has 1 amide bonds. The molecule has 1 aliphatic heterocycles. The normalized spacial score (nSPS) is 19.0. The summed E-state index contributed by atoms with van der Waals surface area (Å²) in [6, 6.07) is 0.345. The second kappa shape index (κ2) is 7.40. The minimum atomic E-state index is -0.0716. The molecule has 1 aromatic heterocycles. The fourth-order valence-corrected chi connectivity index (χ4v) is 2.95. The third-order valence-corrected chi connectivity index (χ3v) is 4.75. The molecule has 1 aromatic rings. The summed E-state index contributed by atoms with van der Waals surface area (Å²) in [5.41, 5.74) is 1.33. The van der Waals surface area contributed by atoms with Crippen molar-refractivity contribution in [1.29, 1.82) is 0 Å². The molecule has 7 heteroatoms. The number of nitrogens with one attached hydrogen (secondary N) is 1. The number of aromatic nitrogens is 3. The molecule has 23 heavy (non-hydrogen) atoms. The van der Waals surface area contributed by atoms with Crippen molar-refractivity contribution < 1.29 is 9.53 Å². The molecule has 128 valence electrons. The highest BCUT2D eigenvalue weighted by molar-refractivity contribution is 5.93. The van der Waals surface area contributed by atoms with E-state index in [9.17, 15) is 4.79 Å². The van der Waals surface area contributed by atoms with Gasteiger partial charge in [-0.2, -0.15) is 0 Å². The first-order valence-electron chi connectivity index (χ1n) is 8.62. The lowest BCUT2D eigenvalue weighted by molar-refractivity contribution is 0.0675. The van der Waals surface area contributed by atoms with Gasteiger partial charge in [0.25, 0.3) is 5.91 Å². The Morgan fingerprint density at radius 1 is 1.35 bits per heavy atom. The molecule has 1 saturated carbocycles. The number of piperidine rings is 1. The zero-order valence-electron chi connectivity index (χ0n) is 14.1. The van der Waals surface area contributed by atoms with E-state index >= 15 is 0 Å². The Balaban J connectivity index is 1.54. The third-order valence-electron chi connectivity index (χ3n) is 4.75. The van der Waals surface area contributed by atoms with Crippen molar-refractivity contribution in [2.75, 3.05) is 39.9 Å². The van der Waals surface area contributed by atoms with Crippen molar-refractivity contribution in [3.05, 3.63) is 11.4 Å². The summed E-state index contributed by atoms with van der Waals surface area (Å²) in [5.74, 6) is 0.681. The zero-order valence-corrected chi connectivity index (χ0v) is 14.1. The second-order valence-electron chi connectivity index (χ2n) is 6.69. The molecule has 0 aromatic carbocycles. The van der Waals surface area contributed by atoms with Gasteiger partial charge >= 0.3 is 0 Å². The molecule has 2 fully saturated rings. The first-order valence-corrected chi connectivity index (χ1v) is 8.62. The molecule has 7 nitrogen and oxygen atoms in total. The van der Waals surface area contributed by atoms with Gasteiger partial charge in [-0.1, -0.05) is 5.21 Å². The fourth-order valence-electron chi connectivity index (χ4n) is 2.95. The van der Waals surface area contributed by atoms with Crippen LogP contribution in [0.1, 0.15) is 47.9 Å². The van der Waals surface area contributed by atoms with Crippen molar-refractivity contribution in [2.45, 2.75) is 38.6 Å². The Kier molecular flexibility index (Phi) is 5.27. The van der Waals surface area contributed by atoms with E-state index in [4.69, 9.17) is 4.74 Å². The van der Waals surface area contributed by atoms with Crippen LogP contribution in [0, 0.1) is 12.8 Å². The minimum absolute atomic E-state index is 0.0716. The van der Waals surface area contributed by atoms with E-state index in [1.807, 2.05) is 11.6 Å². The number of hydrogen-bond donors (Lipinski definition) is 1. The monoisotopic (exact) mass is 321 g/mol. The van der Waals surface area contributed by atoms with E-state index in [0.717, 1.165) is 44.1 Å². The number of carbonyl (C=O) groups is 1. The molecule has 1 saturated heterocycles. The van der Waals surface area contributed by atoms with Gasteiger partial charge in [0.05, 0.1) is 18.3 Å². The highest BCUT2D eigenvalue weighted by Crippen LogP contribution is 2.28. The average Bonchev–Trinajstić information content (AvgIpc) is 3.32.